The molecule has 1 aliphatic heterocycles. The van der Waals surface area contributed by atoms with E-state index in [0.29, 0.717) is 0 Å². The number of H-pyrrole nitrogens is 1. The molecule has 142 valence electrons. The summed E-state index contributed by atoms with van der Waals surface area (Å²) in [6.45, 7) is 4.15. The zero-order valence-electron chi connectivity index (χ0n) is 15.3. The molecule has 1 aliphatic rings. The highest BCUT2D eigenvalue weighted by Crippen LogP contribution is 2.26. The number of halogens is 1. The number of morpholine rings is 1. The molecule has 0 atom stereocenters. The monoisotopic (exact) mass is 377 g/mol. The lowest BCUT2D eigenvalue weighted by atomic mass is 10.1. The van der Waals surface area contributed by atoms with Crippen molar-refractivity contribution in [2.75, 3.05) is 26.3 Å². The molecule has 4 aromatic rings. The molecule has 0 amide bonds. The van der Waals surface area contributed by atoms with Crippen LogP contribution in [0.5, 0.6) is 0 Å². The summed E-state index contributed by atoms with van der Waals surface area (Å²) in [4.78, 5) is 7.28. The van der Waals surface area contributed by atoms with Crippen molar-refractivity contribution in [3.05, 3.63) is 66.2 Å². The van der Waals surface area contributed by atoms with Gasteiger partial charge in [0, 0.05) is 31.4 Å². The van der Waals surface area contributed by atoms with E-state index in [-0.39, 0.29) is 5.82 Å². The predicted octanol–water partition coefficient (Wildman–Crippen LogP) is 3.36. The molecule has 28 heavy (non-hydrogen) atoms. The maximum absolute atomic E-state index is 13.2. The van der Waals surface area contributed by atoms with E-state index < -0.39 is 0 Å². The van der Waals surface area contributed by atoms with Crippen molar-refractivity contribution in [1.29, 1.82) is 0 Å². The SMILES string of the molecule is Fc1ccc(-c2cc(-c3nc(CN4CCOCC4)c4ccccn34)[nH]n2)cc1. The number of fused-ring (bicyclic) bond motifs is 1. The van der Waals surface area contributed by atoms with Crippen LogP contribution < -0.4 is 0 Å². The van der Waals surface area contributed by atoms with Crippen LogP contribution in [-0.4, -0.2) is 50.8 Å². The molecule has 0 radical (unpaired) electrons. The maximum atomic E-state index is 13.2. The van der Waals surface area contributed by atoms with Gasteiger partial charge in [-0.2, -0.15) is 5.10 Å². The minimum Gasteiger partial charge on any atom is -0.379 e. The Morgan fingerprint density at radius 1 is 1.07 bits per heavy atom. The molecule has 1 aromatic carbocycles. The zero-order valence-corrected chi connectivity index (χ0v) is 15.3. The van der Waals surface area contributed by atoms with Crippen LogP contribution in [0.4, 0.5) is 4.39 Å². The number of hydrogen-bond acceptors (Lipinski definition) is 4. The third-order valence-corrected chi connectivity index (χ3v) is 5.06. The topological polar surface area (TPSA) is 58.5 Å². The molecule has 1 fully saturated rings. The summed E-state index contributed by atoms with van der Waals surface area (Å²) in [6, 6.07) is 14.4. The number of rotatable bonds is 4. The number of nitrogens with zero attached hydrogens (tertiary/aromatic N) is 4. The average Bonchev–Trinajstić information content (AvgIpc) is 3.35. The molecule has 1 N–H and O–H groups in total. The number of pyridine rings is 1. The molecule has 0 aliphatic carbocycles. The number of aromatic amines is 1. The zero-order chi connectivity index (χ0) is 18.9. The van der Waals surface area contributed by atoms with E-state index in [1.165, 1.54) is 12.1 Å². The van der Waals surface area contributed by atoms with Gasteiger partial charge in [0.2, 0.25) is 0 Å². The smallest absolute Gasteiger partial charge is 0.163 e. The third kappa shape index (κ3) is 3.19. The Morgan fingerprint density at radius 2 is 1.89 bits per heavy atom. The second kappa shape index (κ2) is 7.18. The minimum absolute atomic E-state index is 0.258. The number of nitrogens with one attached hydrogen (secondary N) is 1. The van der Waals surface area contributed by atoms with Gasteiger partial charge >= 0.3 is 0 Å². The summed E-state index contributed by atoms with van der Waals surface area (Å²) >= 11 is 0. The van der Waals surface area contributed by atoms with E-state index in [1.807, 2.05) is 24.4 Å². The standard InChI is InChI=1S/C21H20FN5O/c22-16-6-4-15(5-7-16)17-13-18(25-24-17)21-23-19(14-26-9-11-28-12-10-26)20-3-1-2-8-27(20)21/h1-8,13H,9-12,14H2,(H,24,25). The lowest BCUT2D eigenvalue weighted by Gasteiger charge is -2.25. The van der Waals surface area contributed by atoms with Crippen molar-refractivity contribution in [3.63, 3.8) is 0 Å². The van der Waals surface area contributed by atoms with Crippen LogP contribution in [-0.2, 0) is 11.3 Å². The van der Waals surface area contributed by atoms with E-state index >= 15 is 0 Å². The van der Waals surface area contributed by atoms with E-state index in [1.54, 1.807) is 12.1 Å². The normalized spacial score (nSPS) is 15.3. The third-order valence-electron chi connectivity index (χ3n) is 5.06. The summed E-state index contributed by atoms with van der Waals surface area (Å²) < 4.78 is 20.7. The molecular formula is C21H20FN5O. The Kier molecular flexibility index (Phi) is 4.38. The molecule has 3 aromatic heterocycles. The fourth-order valence-corrected chi connectivity index (χ4v) is 3.58. The van der Waals surface area contributed by atoms with Crippen molar-refractivity contribution in [1.82, 2.24) is 24.5 Å². The van der Waals surface area contributed by atoms with Crippen LogP contribution >= 0.6 is 0 Å². The van der Waals surface area contributed by atoms with E-state index in [4.69, 9.17) is 9.72 Å². The molecule has 1 saturated heterocycles. The first kappa shape index (κ1) is 17.1. The van der Waals surface area contributed by atoms with Crippen molar-refractivity contribution in [2.45, 2.75) is 6.54 Å². The fraction of sp³-hybridized carbons (Fsp3) is 0.238. The van der Waals surface area contributed by atoms with Crippen molar-refractivity contribution >= 4 is 5.52 Å². The second-order valence-electron chi connectivity index (χ2n) is 6.90. The van der Waals surface area contributed by atoms with Crippen LogP contribution in [0.25, 0.3) is 28.3 Å². The van der Waals surface area contributed by atoms with Crippen molar-refractivity contribution in [2.24, 2.45) is 0 Å². The largest absolute Gasteiger partial charge is 0.379 e. The molecule has 0 saturated carbocycles. The Labute approximate surface area is 161 Å². The highest BCUT2D eigenvalue weighted by Gasteiger charge is 2.18. The summed E-state index contributed by atoms with van der Waals surface area (Å²) in [5.74, 6) is 0.561. The number of ether oxygens (including phenoxy) is 1. The lowest BCUT2D eigenvalue weighted by Crippen LogP contribution is -2.35. The molecular weight excluding hydrogens is 357 g/mol. The van der Waals surface area contributed by atoms with Crippen molar-refractivity contribution in [3.8, 4) is 22.8 Å². The van der Waals surface area contributed by atoms with Crippen LogP contribution in [0.2, 0.25) is 0 Å². The summed E-state index contributed by atoms with van der Waals surface area (Å²) in [7, 11) is 0. The quantitative estimate of drug-likeness (QED) is 0.593. The van der Waals surface area contributed by atoms with Gasteiger partial charge in [-0.1, -0.05) is 6.07 Å². The molecule has 0 bridgehead atoms. The van der Waals surface area contributed by atoms with Crippen LogP contribution in [0.3, 0.4) is 0 Å². The van der Waals surface area contributed by atoms with Gasteiger partial charge in [0.1, 0.15) is 11.5 Å². The highest BCUT2D eigenvalue weighted by molar-refractivity contribution is 5.68. The molecule has 0 spiro atoms. The number of imidazole rings is 1. The van der Waals surface area contributed by atoms with E-state index in [9.17, 15) is 4.39 Å². The molecule has 5 rings (SSSR count). The first-order chi connectivity index (χ1) is 13.8. The van der Waals surface area contributed by atoms with Crippen LogP contribution in [0.15, 0.2) is 54.7 Å². The van der Waals surface area contributed by atoms with Gasteiger partial charge in [0.15, 0.2) is 5.82 Å². The summed E-state index contributed by atoms with van der Waals surface area (Å²) in [5.41, 5.74) is 4.57. The average molecular weight is 377 g/mol. The molecule has 4 heterocycles. The van der Waals surface area contributed by atoms with Gasteiger partial charge < -0.3 is 4.74 Å². The van der Waals surface area contributed by atoms with Crippen molar-refractivity contribution < 1.29 is 9.13 Å². The Hall–Kier alpha value is -3.03. The Morgan fingerprint density at radius 3 is 2.71 bits per heavy atom. The lowest BCUT2D eigenvalue weighted by molar-refractivity contribution is 0.0339. The van der Waals surface area contributed by atoms with E-state index in [2.05, 4.69) is 25.6 Å². The highest BCUT2D eigenvalue weighted by atomic mass is 19.1. The first-order valence-corrected chi connectivity index (χ1v) is 9.36. The predicted molar refractivity (Wildman–Crippen MR) is 104 cm³/mol. The second-order valence-corrected chi connectivity index (χ2v) is 6.90. The van der Waals surface area contributed by atoms with Gasteiger partial charge in [-0.3, -0.25) is 14.4 Å². The number of aromatic nitrogens is 4. The number of hydrogen-bond donors (Lipinski definition) is 1. The maximum Gasteiger partial charge on any atom is 0.163 e. The Balaban J connectivity index is 1.51. The van der Waals surface area contributed by atoms with Gasteiger partial charge in [-0.15, -0.1) is 0 Å². The Bertz CT molecular complexity index is 1100. The minimum atomic E-state index is -0.258. The van der Waals surface area contributed by atoms with Crippen LogP contribution in [0, 0.1) is 5.82 Å². The van der Waals surface area contributed by atoms with Gasteiger partial charge in [-0.25, -0.2) is 9.37 Å². The summed E-state index contributed by atoms with van der Waals surface area (Å²) in [6.07, 6.45) is 2.01. The molecule has 6 nitrogen and oxygen atoms in total. The van der Waals surface area contributed by atoms with E-state index in [0.717, 1.165) is 66.8 Å². The first-order valence-electron chi connectivity index (χ1n) is 9.36. The van der Waals surface area contributed by atoms with Gasteiger partial charge in [0.25, 0.3) is 0 Å². The molecule has 7 heteroatoms. The fourth-order valence-electron chi connectivity index (χ4n) is 3.58. The molecule has 0 unspecified atom stereocenters. The van der Waals surface area contributed by atoms with Crippen LogP contribution in [0.1, 0.15) is 5.69 Å². The summed E-state index contributed by atoms with van der Waals surface area (Å²) in [5, 5.41) is 7.48. The van der Waals surface area contributed by atoms with Gasteiger partial charge in [-0.05, 0) is 42.5 Å². The van der Waals surface area contributed by atoms with Gasteiger partial charge in [0.05, 0.1) is 30.1 Å². The number of benzene rings is 1.